The molecule has 120 valence electrons. The highest BCUT2D eigenvalue weighted by atomic mass is 15.3. The minimum absolute atomic E-state index is 0.709. The normalized spacial score (nSPS) is 34.0. The van der Waals surface area contributed by atoms with Crippen molar-refractivity contribution in [1.82, 2.24) is 19.6 Å². The van der Waals surface area contributed by atoms with Gasteiger partial charge >= 0.3 is 0 Å². The van der Waals surface area contributed by atoms with Crippen LogP contribution in [0.5, 0.6) is 0 Å². The Balaban J connectivity index is 1.21. The molecule has 0 aromatic heterocycles. The summed E-state index contributed by atoms with van der Waals surface area (Å²) in [7, 11) is 4.52. The van der Waals surface area contributed by atoms with Crippen molar-refractivity contribution >= 4 is 0 Å². The molecular formula is C17H32N4. The van der Waals surface area contributed by atoms with E-state index in [0.29, 0.717) is 5.41 Å². The average Bonchev–Trinajstić information content (AvgIpc) is 2.43. The van der Waals surface area contributed by atoms with E-state index in [-0.39, 0.29) is 0 Å². The second-order valence-electron chi connectivity index (χ2n) is 8.35. The fourth-order valence-electron chi connectivity index (χ4n) is 5.00. The van der Waals surface area contributed by atoms with Crippen LogP contribution in [0.3, 0.4) is 0 Å². The molecule has 4 nitrogen and oxygen atoms in total. The van der Waals surface area contributed by atoms with Crippen molar-refractivity contribution in [3.63, 3.8) is 0 Å². The van der Waals surface area contributed by atoms with E-state index in [1.807, 2.05) is 0 Å². The highest BCUT2D eigenvalue weighted by Gasteiger charge is 2.47. The van der Waals surface area contributed by atoms with Gasteiger partial charge in [0.25, 0.3) is 0 Å². The molecule has 0 aromatic rings. The first-order valence-electron chi connectivity index (χ1n) is 8.99. The van der Waals surface area contributed by atoms with Gasteiger partial charge in [0.1, 0.15) is 0 Å². The Morgan fingerprint density at radius 3 is 1.90 bits per heavy atom. The Bertz CT molecular complexity index is 355. The monoisotopic (exact) mass is 292 g/mol. The number of rotatable bonds is 2. The van der Waals surface area contributed by atoms with E-state index >= 15 is 0 Å². The van der Waals surface area contributed by atoms with Gasteiger partial charge in [0.2, 0.25) is 0 Å². The molecule has 4 heteroatoms. The molecule has 0 aromatic carbocycles. The van der Waals surface area contributed by atoms with Crippen molar-refractivity contribution in [2.24, 2.45) is 5.41 Å². The maximum atomic E-state index is 2.82. The minimum Gasteiger partial charge on any atom is -0.306 e. The van der Waals surface area contributed by atoms with Crippen LogP contribution in [0.15, 0.2) is 0 Å². The van der Waals surface area contributed by atoms with E-state index in [4.69, 9.17) is 0 Å². The van der Waals surface area contributed by atoms with Crippen LogP contribution in [0.4, 0.5) is 0 Å². The van der Waals surface area contributed by atoms with Gasteiger partial charge < -0.3 is 9.80 Å². The largest absolute Gasteiger partial charge is 0.306 e. The van der Waals surface area contributed by atoms with E-state index in [1.165, 1.54) is 78.0 Å². The van der Waals surface area contributed by atoms with Crippen LogP contribution < -0.4 is 0 Å². The lowest BCUT2D eigenvalue weighted by molar-refractivity contribution is -0.0831. The van der Waals surface area contributed by atoms with E-state index in [9.17, 15) is 0 Å². The topological polar surface area (TPSA) is 13.0 Å². The third-order valence-corrected chi connectivity index (χ3v) is 6.70. The Morgan fingerprint density at radius 1 is 0.714 bits per heavy atom. The summed E-state index contributed by atoms with van der Waals surface area (Å²) in [6, 6.07) is 1.76. The standard InChI is InChI=1S/C17H32N4/c1-18-9-5-17(6-10-18)13-21(14-17)15-3-7-20(8-4-15)16-11-19(2)12-16/h15-16H,3-14H2,1-2H3. The molecule has 0 amide bonds. The smallest absolute Gasteiger partial charge is 0.0350 e. The molecule has 4 heterocycles. The highest BCUT2D eigenvalue weighted by Crippen LogP contribution is 2.42. The van der Waals surface area contributed by atoms with E-state index in [2.05, 4.69) is 33.7 Å². The van der Waals surface area contributed by atoms with Crippen LogP contribution in [-0.2, 0) is 0 Å². The first-order valence-corrected chi connectivity index (χ1v) is 8.99. The fraction of sp³-hybridized carbons (Fsp3) is 1.00. The molecular weight excluding hydrogens is 260 g/mol. The second kappa shape index (κ2) is 5.48. The van der Waals surface area contributed by atoms with Gasteiger partial charge in [-0.25, -0.2) is 0 Å². The van der Waals surface area contributed by atoms with Gasteiger partial charge in [-0.2, -0.15) is 0 Å². The molecule has 0 atom stereocenters. The molecule has 4 fully saturated rings. The lowest BCUT2D eigenvalue weighted by Gasteiger charge is -2.58. The van der Waals surface area contributed by atoms with E-state index < -0.39 is 0 Å². The molecule has 0 N–H and O–H groups in total. The lowest BCUT2D eigenvalue weighted by Crippen LogP contribution is -2.65. The summed E-state index contributed by atoms with van der Waals surface area (Å²) in [5, 5.41) is 0. The molecule has 0 unspecified atom stereocenters. The van der Waals surface area contributed by atoms with Gasteiger partial charge in [0.15, 0.2) is 0 Å². The number of piperidine rings is 2. The van der Waals surface area contributed by atoms with E-state index in [1.54, 1.807) is 0 Å². The SMILES string of the molecule is CN1CCC2(CC1)CN(C1CCN(C3CN(C)C3)CC1)C2. The molecule has 21 heavy (non-hydrogen) atoms. The fourth-order valence-corrected chi connectivity index (χ4v) is 5.00. The average molecular weight is 292 g/mol. The highest BCUT2D eigenvalue weighted by molar-refractivity contribution is 5.01. The number of nitrogens with zero attached hydrogens (tertiary/aromatic N) is 4. The first kappa shape index (κ1) is 14.4. The lowest BCUT2D eigenvalue weighted by atomic mass is 9.71. The molecule has 4 saturated heterocycles. The van der Waals surface area contributed by atoms with Crippen molar-refractivity contribution in [2.45, 2.75) is 37.8 Å². The summed E-state index contributed by atoms with van der Waals surface area (Å²) in [5.74, 6) is 0. The Kier molecular flexibility index (Phi) is 3.77. The van der Waals surface area contributed by atoms with Gasteiger partial charge in [-0.15, -0.1) is 0 Å². The van der Waals surface area contributed by atoms with Crippen LogP contribution in [-0.4, -0.2) is 98.1 Å². The van der Waals surface area contributed by atoms with Gasteiger partial charge in [0, 0.05) is 51.4 Å². The van der Waals surface area contributed by atoms with Gasteiger partial charge in [-0.05, 0) is 58.3 Å². The summed E-state index contributed by atoms with van der Waals surface area (Å²) in [6.07, 6.45) is 5.70. The Morgan fingerprint density at radius 2 is 1.33 bits per heavy atom. The molecule has 0 bridgehead atoms. The van der Waals surface area contributed by atoms with Gasteiger partial charge in [-0.3, -0.25) is 9.80 Å². The molecule has 4 rings (SSSR count). The van der Waals surface area contributed by atoms with Crippen molar-refractivity contribution in [1.29, 1.82) is 0 Å². The first-order chi connectivity index (χ1) is 10.1. The number of likely N-dealkylation sites (tertiary alicyclic amines) is 4. The summed E-state index contributed by atoms with van der Waals surface area (Å²) >= 11 is 0. The molecule has 0 radical (unpaired) electrons. The zero-order valence-corrected chi connectivity index (χ0v) is 13.9. The number of hydrogen-bond donors (Lipinski definition) is 0. The van der Waals surface area contributed by atoms with Crippen LogP contribution in [0.2, 0.25) is 0 Å². The van der Waals surface area contributed by atoms with Crippen LogP contribution in [0, 0.1) is 5.41 Å². The summed E-state index contributed by atoms with van der Waals surface area (Å²) in [4.78, 5) is 10.5. The maximum absolute atomic E-state index is 2.82. The zero-order chi connectivity index (χ0) is 14.4. The van der Waals surface area contributed by atoms with Crippen molar-refractivity contribution in [3.8, 4) is 0 Å². The molecule has 0 saturated carbocycles. The molecule has 0 aliphatic carbocycles. The predicted octanol–water partition coefficient (Wildman–Crippen LogP) is 0.792. The summed E-state index contributed by atoms with van der Waals surface area (Å²) in [5.41, 5.74) is 0.709. The summed E-state index contributed by atoms with van der Waals surface area (Å²) in [6.45, 7) is 10.7. The number of likely N-dealkylation sites (N-methyl/N-ethyl adjacent to an activating group) is 1. The van der Waals surface area contributed by atoms with Crippen LogP contribution >= 0.6 is 0 Å². The quantitative estimate of drug-likeness (QED) is 0.746. The maximum Gasteiger partial charge on any atom is 0.0350 e. The zero-order valence-electron chi connectivity index (χ0n) is 13.9. The van der Waals surface area contributed by atoms with Crippen LogP contribution in [0.25, 0.3) is 0 Å². The number of hydrogen-bond acceptors (Lipinski definition) is 4. The molecule has 4 aliphatic rings. The second-order valence-corrected chi connectivity index (χ2v) is 8.35. The Labute approximate surface area is 130 Å². The minimum atomic E-state index is 0.709. The predicted molar refractivity (Wildman–Crippen MR) is 86.6 cm³/mol. The third-order valence-electron chi connectivity index (χ3n) is 6.70. The molecule has 4 aliphatic heterocycles. The van der Waals surface area contributed by atoms with Crippen molar-refractivity contribution < 1.29 is 0 Å². The van der Waals surface area contributed by atoms with Crippen molar-refractivity contribution in [3.05, 3.63) is 0 Å². The van der Waals surface area contributed by atoms with Gasteiger partial charge in [-0.1, -0.05) is 0 Å². The van der Waals surface area contributed by atoms with Crippen molar-refractivity contribution in [2.75, 3.05) is 66.5 Å². The molecule has 1 spiro atoms. The van der Waals surface area contributed by atoms with E-state index in [0.717, 1.165) is 12.1 Å². The third kappa shape index (κ3) is 2.76. The van der Waals surface area contributed by atoms with Crippen LogP contribution in [0.1, 0.15) is 25.7 Å². The van der Waals surface area contributed by atoms with Gasteiger partial charge in [0.05, 0.1) is 0 Å². The Hall–Kier alpha value is -0.160. The summed E-state index contributed by atoms with van der Waals surface area (Å²) < 4.78 is 0.